The van der Waals surface area contributed by atoms with Crippen LogP contribution in [0.4, 0.5) is 4.79 Å². The first kappa shape index (κ1) is 18.1. The van der Waals surface area contributed by atoms with Gasteiger partial charge in [0.15, 0.2) is 0 Å². The number of ether oxygens (including phenoxy) is 2. The Bertz CT molecular complexity index is 778. The number of aromatic nitrogens is 1. The van der Waals surface area contributed by atoms with Crippen LogP contribution in [0.25, 0.3) is 10.9 Å². The van der Waals surface area contributed by atoms with Crippen molar-refractivity contribution in [3.05, 3.63) is 30.5 Å². The molecule has 3 rings (SSSR count). The lowest BCUT2D eigenvalue weighted by Crippen LogP contribution is -2.47. The molecule has 26 heavy (non-hydrogen) atoms. The average molecular weight is 359 g/mol. The Hall–Kier alpha value is -2.70. The summed E-state index contributed by atoms with van der Waals surface area (Å²) >= 11 is 0. The van der Waals surface area contributed by atoms with Crippen LogP contribution in [0.1, 0.15) is 19.8 Å². The summed E-state index contributed by atoms with van der Waals surface area (Å²) in [6.07, 6.45) is 3.13. The average Bonchev–Trinajstić information content (AvgIpc) is 3.04. The van der Waals surface area contributed by atoms with E-state index in [1.807, 2.05) is 35.0 Å². The van der Waals surface area contributed by atoms with Crippen LogP contribution in [-0.4, -0.2) is 54.3 Å². The topological polar surface area (TPSA) is 72.8 Å². The van der Waals surface area contributed by atoms with Crippen LogP contribution < -0.4 is 10.1 Å². The molecule has 140 valence electrons. The molecule has 0 bridgehead atoms. The van der Waals surface area contributed by atoms with Gasteiger partial charge in [-0.2, -0.15) is 0 Å². The monoisotopic (exact) mass is 359 g/mol. The van der Waals surface area contributed by atoms with Gasteiger partial charge in [-0.15, -0.1) is 0 Å². The molecule has 1 saturated heterocycles. The number of piperidine rings is 1. The van der Waals surface area contributed by atoms with Crippen molar-refractivity contribution in [1.82, 2.24) is 14.8 Å². The summed E-state index contributed by atoms with van der Waals surface area (Å²) in [6, 6.07) is 7.87. The summed E-state index contributed by atoms with van der Waals surface area (Å²) in [7, 11) is 1.64. The third kappa shape index (κ3) is 4.09. The molecule has 0 radical (unpaired) electrons. The van der Waals surface area contributed by atoms with Crippen molar-refractivity contribution in [3.8, 4) is 5.75 Å². The van der Waals surface area contributed by atoms with Crippen LogP contribution in [0.2, 0.25) is 0 Å². The molecule has 1 fully saturated rings. The smallest absolute Gasteiger partial charge is 0.409 e. The highest BCUT2D eigenvalue weighted by atomic mass is 16.6. The van der Waals surface area contributed by atoms with Crippen LogP contribution in [0.15, 0.2) is 30.5 Å². The maximum absolute atomic E-state index is 12.4. The lowest BCUT2D eigenvalue weighted by molar-refractivity contribution is -0.122. The molecule has 7 heteroatoms. The van der Waals surface area contributed by atoms with Crippen molar-refractivity contribution < 1.29 is 19.1 Å². The second-order valence-corrected chi connectivity index (χ2v) is 6.40. The van der Waals surface area contributed by atoms with E-state index in [0.717, 1.165) is 29.5 Å². The summed E-state index contributed by atoms with van der Waals surface area (Å²) in [5, 5.41) is 4.11. The number of benzene rings is 1. The molecule has 2 amide bonds. The Morgan fingerprint density at radius 1 is 1.23 bits per heavy atom. The first-order chi connectivity index (χ1) is 12.6. The normalized spacial score (nSPS) is 15.1. The first-order valence-corrected chi connectivity index (χ1v) is 8.94. The van der Waals surface area contributed by atoms with Crippen molar-refractivity contribution in [2.24, 2.45) is 0 Å². The molecule has 1 aromatic heterocycles. The van der Waals surface area contributed by atoms with E-state index in [4.69, 9.17) is 9.47 Å². The molecule has 1 N–H and O–H groups in total. The Balaban J connectivity index is 1.53. The first-order valence-electron chi connectivity index (χ1n) is 8.94. The highest BCUT2D eigenvalue weighted by Crippen LogP contribution is 2.21. The predicted molar refractivity (Wildman–Crippen MR) is 98.2 cm³/mol. The van der Waals surface area contributed by atoms with E-state index in [-0.39, 0.29) is 24.6 Å². The van der Waals surface area contributed by atoms with Gasteiger partial charge in [-0.3, -0.25) is 4.79 Å². The minimum Gasteiger partial charge on any atom is -0.497 e. The molecule has 0 aliphatic carbocycles. The summed E-state index contributed by atoms with van der Waals surface area (Å²) < 4.78 is 12.2. The fourth-order valence-electron chi connectivity index (χ4n) is 3.29. The number of carbonyl (C=O) groups excluding carboxylic acids is 2. The van der Waals surface area contributed by atoms with Gasteiger partial charge in [-0.1, -0.05) is 0 Å². The van der Waals surface area contributed by atoms with Gasteiger partial charge in [-0.05, 0) is 44.0 Å². The van der Waals surface area contributed by atoms with Crippen LogP contribution in [-0.2, 0) is 16.1 Å². The molecular formula is C19H25N3O4. The SMILES string of the molecule is CCOC(=O)N1CCC(NC(=O)Cn2ccc3cc(OC)ccc32)CC1. The number of nitrogens with one attached hydrogen (secondary N) is 1. The van der Waals surface area contributed by atoms with Gasteiger partial charge in [-0.25, -0.2) is 4.79 Å². The number of amides is 2. The maximum atomic E-state index is 12.4. The van der Waals surface area contributed by atoms with Gasteiger partial charge >= 0.3 is 6.09 Å². The fraction of sp³-hybridized carbons (Fsp3) is 0.474. The van der Waals surface area contributed by atoms with Gasteiger partial charge in [0.05, 0.1) is 13.7 Å². The number of hydrogen-bond donors (Lipinski definition) is 1. The van der Waals surface area contributed by atoms with E-state index in [1.165, 1.54) is 0 Å². The highest BCUT2D eigenvalue weighted by molar-refractivity contribution is 5.84. The van der Waals surface area contributed by atoms with Gasteiger partial charge in [0.25, 0.3) is 0 Å². The van der Waals surface area contributed by atoms with Crippen LogP contribution >= 0.6 is 0 Å². The zero-order valence-corrected chi connectivity index (χ0v) is 15.2. The minimum atomic E-state index is -0.272. The van der Waals surface area contributed by atoms with Gasteiger partial charge in [0, 0.05) is 36.2 Å². The molecule has 1 aromatic carbocycles. The van der Waals surface area contributed by atoms with Crippen LogP contribution in [0, 0.1) is 0 Å². The molecule has 2 heterocycles. The summed E-state index contributed by atoms with van der Waals surface area (Å²) in [6.45, 7) is 3.66. The molecular weight excluding hydrogens is 334 g/mol. The molecule has 0 saturated carbocycles. The number of nitrogens with zero attached hydrogens (tertiary/aromatic N) is 2. The zero-order chi connectivity index (χ0) is 18.5. The second kappa shape index (κ2) is 8.12. The summed E-state index contributed by atoms with van der Waals surface area (Å²) in [4.78, 5) is 25.8. The molecule has 1 aliphatic heterocycles. The van der Waals surface area contributed by atoms with Gasteiger partial charge in [0.1, 0.15) is 12.3 Å². The maximum Gasteiger partial charge on any atom is 0.409 e. The summed E-state index contributed by atoms with van der Waals surface area (Å²) in [5.41, 5.74) is 0.998. The predicted octanol–water partition coefficient (Wildman–Crippen LogP) is 2.39. The second-order valence-electron chi connectivity index (χ2n) is 6.40. The zero-order valence-electron chi connectivity index (χ0n) is 15.2. The number of methoxy groups -OCH3 is 1. The van der Waals surface area contributed by atoms with E-state index in [9.17, 15) is 9.59 Å². The minimum absolute atomic E-state index is 0.0205. The molecule has 0 spiro atoms. The number of hydrogen-bond acceptors (Lipinski definition) is 4. The number of carbonyl (C=O) groups is 2. The third-order valence-corrected chi connectivity index (χ3v) is 4.68. The lowest BCUT2D eigenvalue weighted by atomic mass is 10.1. The fourth-order valence-corrected chi connectivity index (χ4v) is 3.29. The number of likely N-dealkylation sites (tertiary alicyclic amines) is 1. The summed E-state index contributed by atoms with van der Waals surface area (Å²) in [5.74, 6) is 0.779. The quantitative estimate of drug-likeness (QED) is 0.890. The Labute approximate surface area is 152 Å². The molecule has 7 nitrogen and oxygen atoms in total. The van der Waals surface area contributed by atoms with Crippen molar-refractivity contribution in [2.75, 3.05) is 26.8 Å². The largest absolute Gasteiger partial charge is 0.497 e. The van der Waals surface area contributed by atoms with Crippen molar-refractivity contribution in [3.63, 3.8) is 0 Å². The highest BCUT2D eigenvalue weighted by Gasteiger charge is 2.24. The molecule has 2 aromatic rings. The Morgan fingerprint density at radius 3 is 2.69 bits per heavy atom. The van der Waals surface area contributed by atoms with Crippen molar-refractivity contribution in [2.45, 2.75) is 32.4 Å². The number of rotatable bonds is 5. The van der Waals surface area contributed by atoms with Gasteiger partial charge in [0.2, 0.25) is 5.91 Å². The van der Waals surface area contributed by atoms with E-state index < -0.39 is 0 Å². The molecule has 0 unspecified atom stereocenters. The molecule has 1 aliphatic rings. The van der Waals surface area contributed by atoms with Crippen LogP contribution in [0.5, 0.6) is 5.75 Å². The van der Waals surface area contributed by atoms with Crippen molar-refractivity contribution >= 4 is 22.9 Å². The Kier molecular flexibility index (Phi) is 5.65. The van der Waals surface area contributed by atoms with Gasteiger partial charge < -0.3 is 24.3 Å². The standard InChI is InChI=1S/C19H25N3O4/c1-3-26-19(24)21-10-7-15(8-11-21)20-18(23)13-22-9-6-14-12-16(25-2)4-5-17(14)22/h4-6,9,12,15H,3,7-8,10-11,13H2,1-2H3,(H,20,23). The lowest BCUT2D eigenvalue weighted by Gasteiger charge is -2.31. The molecule has 0 atom stereocenters. The van der Waals surface area contributed by atoms with E-state index in [1.54, 1.807) is 18.9 Å². The van der Waals surface area contributed by atoms with Crippen molar-refractivity contribution in [1.29, 1.82) is 0 Å². The van der Waals surface area contributed by atoms with E-state index in [0.29, 0.717) is 19.7 Å². The van der Waals surface area contributed by atoms with E-state index in [2.05, 4.69) is 5.32 Å². The van der Waals surface area contributed by atoms with E-state index >= 15 is 0 Å². The van der Waals surface area contributed by atoms with Crippen LogP contribution in [0.3, 0.4) is 0 Å². The number of fused-ring (bicyclic) bond motifs is 1. The third-order valence-electron chi connectivity index (χ3n) is 4.68. The Morgan fingerprint density at radius 2 is 2.00 bits per heavy atom.